The van der Waals surface area contributed by atoms with Gasteiger partial charge in [0.15, 0.2) is 6.61 Å². The number of carbonyl (C=O) groups is 2. The Balaban J connectivity index is 1.66. The largest absolute Gasteiger partial charge is 0.493 e. The third kappa shape index (κ3) is 5.55. The lowest BCUT2D eigenvalue weighted by molar-refractivity contribution is -0.119. The van der Waals surface area contributed by atoms with Gasteiger partial charge in [-0.2, -0.15) is 4.31 Å². The van der Waals surface area contributed by atoms with E-state index >= 15 is 0 Å². The number of benzene rings is 2. The molecule has 1 amide bonds. The van der Waals surface area contributed by atoms with Crippen LogP contribution in [0.5, 0.6) is 5.75 Å². The van der Waals surface area contributed by atoms with E-state index < -0.39 is 28.5 Å². The van der Waals surface area contributed by atoms with Gasteiger partial charge in [0.25, 0.3) is 5.91 Å². The van der Waals surface area contributed by atoms with E-state index in [1.807, 2.05) is 0 Å². The zero-order valence-corrected chi connectivity index (χ0v) is 18.5. The molecule has 10 heteroatoms. The molecule has 1 aliphatic heterocycles. The van der Waals surface area contributed by atoms with Gasteiger partial charge >= 0.3 is 5.97 Å². The Kier molecular flexibility index (Phi) is 7.53. The molecule has 0 atom stereocenters. The number of hydrogen-bond donors (Lipinski definition) is 1. The van der Waals surface area contributed by atoms with E-state index in [0.717, 1.165) is 12.8 Å². The quantitative estimate of drug-likeness (QED) is 0.599. The molecule has 31 heavy (non-hydrogen) atoms. The minimum atomic E-state index is -3.66. The molecule has 2 aromatic carbocycles. The van der Waals surface area contributed by atoms with Crippen LogP contribution in [0.4, 0.5) is 5.69 Å². The van der Waals surface area contributed by atoms with Crippen molar-refractivity contribution >= 4 is 39.2 Å². The SMILES string of the molecule is CCOc1ccccc1C(=O)OCC(=O)Nc1cc(S(=O)(=O)N2CCCC2)ccc1Cl. The van der Waals surface area contributed by atoms with Gasteiger partial charge in [-0.25, -0.2) is 13.2 Å². The number of halogens is 1. The topological polar surface area (TPSA) is 102 Å². The van der Waals surface area contributed by atoms with Crippen LogP contribution in [0.3, 0.4) is 0 Å². The average molecular weight is 467 g/mol. The second kappa shape index (κ2) is 10.1. The number of para-hydroxylation sites is 1. The van der Waals surface area contributed by atoms with Crippen molar-refractivity contribution in [1.82, 2.24) is 4.31 Å². The number of nitrogens with one attached hydrogen (secondary N) is 1. The summed E-state index contributed by atoms with van der Waals surface area (Å²) < 4.78 is 37.3. The number of ether oxygens (including phenoxy) is 2. The summed E-state index contributed by atoms with van der Waals surface area (Å²) in [6, 6.07) is 10.7. The second-order valence-corrected chi connectivity index (χ2v) is 9.15. The minimum Gasteiger partial charge on any atom is -0.493 e. The monoisotopic (exact) mass is 466 g/mol. The summed E-state index contributed by atoms with van der Waals surface area (Å²) in [5.74, 6) is -1.01. The van der Waals surface area contributed by atoms with Crippen LogP contribution in [0.1, 0.15) is 30.1 Å². The Bertz CT molecular complexity index is 1070. The summed E-state index contributed by atoms with van der Waals surface area (Å²) in [5.41, 5.74) is 0.326. The van der Waals surface area contributed by atoms with Gasteiger partial charge < -0.3 is 14.8 Å². The highest BCUT2D eigenvalue weighted by atomic mass is 35.5. The van der Waals surface area contributed by atoms with E-state index in [1.54, 1.807) is 25.1 Å². The van der Waals surface area contributed by atoms with E-state index in [0.29, 0.717) is 25.4 Å². The molecule has 0 unspecified atom stereocenters. The van der Waals surface area contributed by atoms with Crippen molar-refractivity contribution in [2.24, 2.45) is 0 Å². The van der Waals surface area contributed by atoms with Crippen LogP contribution in [0.15, 0.2) is 47.4 Å². The van der Waals surface area contributed by atoms with Crippen molar-refractivity contribution in [2.45, 2.75) is 24.7 Å². The fraction of sp³-hybridized carbons (Fsp3) is 0.333. The van der Waals surface area contributed by atoms with Gasteiger partial charge in [0.2, 0.25) is 10.0 Å². The molecular formula is C21H23ClN2O6S. The van der Waals surface area contributed by atoms with Crippen molar-refractivity contribution in [3.8, 4) is 5.75 Å². The van der Waals surface area contributed by atoms with Crippen molar-refractivity contribution in [3.63, 3.8) is 0 Å². The molecule has 1 saturated heterocycles. The van der Waals surface area contributed by atoms with Crippen LogP contribution in [-0.2, 0) is 19.6 Å². The van der Waals surface area contributed by atoms with Gasteiger partial charge in [-0.15, -0.1) is 0 Å². The summed E-state index contributed by atoms with van der Waals surface area (Å²) in [4.78, 5) is 24.6. The van der Waals surface area contributed by atoms with E-state index in [9.17, 15) is 18.0 Å². The van der Waals surface area contributed by atoms with E-state index in [-0.39, 0.29) is 21.2 Å². The number of carbonyl (C=O) groups excluding carboxylic acids is 2. The normalized spacial score (nSPS) is 14.3. The van der Waals surface area contributed by atoms with Gasteiger partial charge in [0.1, 0.15) is 11.3 Å². The summed E-state index contributed by atoms with van der Waals surface area (Å²) in [6.07, 6.45) is 1.63. The van der Waals surface area contributed by atoms with Crippen molar-refractivity contribution in [2.75, 3.05) is 31.6 Å². The van der Waals surface area contributed by atoms with Gasteiger partial charge in [-0.05, 0) is 50.1 Å². The third-order valence-electron chi connectivity index (χ3n) is 4.66. The molecule has 3 rings (SSSR count). The van der Waals surface area contributed by atoms with E-state index in [1.165, 1.54) is 28.6 Å². The number of amides is 1. The molecule has 1 aliphatic rings. The summed E-state index contributed by atoms with van der Waals surface area (Å²) in [5, 5.41) is 2.67. The molecule has 0 saturated carbocycles. The highest BCUT2D eigenvalue weighted by molar-refractivity contribution is 7.89. The Labute approximate surface area is 186 Å². The molecule has 0 aromatic heterocycles. The molecule has 1 heterocycles. The maximum Gasteiger partial charge on any atom is 0.342 e. The first-order valence-electron chi connectivity index (χ1n) is 9.81. The predicted molar refractivity (Wildman–Crippen MR) is 116 cm³/mol. The van der Waals surface area contributed by atoms with Crippen LogP contribution in [0.25, 0.3) is 0 Å². The molecule has 1 N–H and O–H groups in total. The Morgan fingerprint density at radius 1 is 1.13 bits per heavy atom. The van der Waals surface area contributed by atoms with Gasteiger partial charge in [0, 0.05) is 13.1 Å². The molecule has 2 aromatic rings. The summed E-state index contributed by atoms with van der Waals surface area (Å²) in [6.45, 7) is 2.52. The first kappa shape index (κ1) is 23.1. The van der Waals surface area contributed by atoms with Gasteiger partial charge in [-0.3, -0.25) is 4.79 Å². The Morgan fingerprint density at radius 3 is 2.55 bits per heavy atom. The van der Waals surface area contributed by atoms with Crippen LogP contribution in [0, 0.1) is 0 Å². The molecular weight excluding hydrogens is 444 g/mol. The van der Waals surface area contributed by atoms with Crippen molar-refractivity contribution < 1.29 is 27.5 Å². The highest BCUT2D eigenvalue weighted by Gasteiger charge is 2.28. The van der Waals surface area contributed by atoms with Crippen molar-refractivity contribution in [3.05, 3.63) is 53.1 Å². The first-order chi connectivity index (χ1) is 14.8. The highest BCUT2D eigenvalue weighted by Crippen LogP contribution is 2.28. The number of rotatable bonds is 8. The summed E-state index contributed by atoms with van der Waals surface area (Å²) in [7, 11) is -3.66. The molecule has 8 nitrogen and oxygen atoms in total. The lowest BCUT2D eigenvalue weighted by Crippen LogP contribution is -2.28. The molecule has 0 aliphatic carbocycles. The third-order valence-corrected chi connectivity index (χ3v) is 6.88. The zero-order valence-electron chi connectivity index (χ0n) is 17.0. The van der Waals surface area contributed by atoms with Crippen LogP contribution < -0.4 is 10.1 Å². The molecule has 0 radical (unpaired) electrons. The summed E-state index contributed by atoms with van der Waals surface area (Å²) >= 11 is 6.12. The first-order valence-corrected chi connectivity index (χ1v) is 11.6. The fourth-order valence-electron chi connectivity index (χ4n) is 3.15. The van der Waals surface area contributed by atoms with Crippen LogP contribution in [0.2, 0.25) is 5.02 Å². The minimum absolute atomic E-state index is 0.0386. The second-order valence-electron chi connectivity index (χ2n) is 6.81. The molecule has 0 spiro atoms. The smallest absolute Gasteiger partial charge is 0.342 e. The predicted octanol–water partition coefficient (Wildman–Crippen LogP) is 3.32. The number of hydrogen-bond acceptors (Lipinski definition) is 6. The number of esters is 1. The maximum absolute atomic E-state index is 12.7. The van der Waals surface area contributed by atoms with Crippen LogP contribution in [-0.4, -0.2) is 50.9 Å². The number of nitrogens with zero attached hydrogens (tertiary/aromatic N) is 1. The lowest BCUT2D eigenvalue weighted by atomic mass is 10.2. The molecule has 1 fully saturated rings. The Morgan fingerprint density at radius 2 is 1.84 bits per heavy atom. The van der Waals surface area contributed by atoms with E-state index in [2.05, 4.69) is 5.32 Å². The number of sulfonamides is 1. The molecule has 0 bridgehead atoms. The Hall–Kier alpha value is -2.62. The lowest BCUT2D eigenvalue weighted by Gasteiger charge is -2.17. The standard InChI is InChI=1S/C21H23ClN2O6S/c1-2-29-19-8-4-3-7-16(19)21(26)30-14-20(25)23-18-13-15(9-10-17(18)22)31(27,28)24-11-5-6-12-24/h3-4,7-10,13H,2,5-6,11-12,14H2,1H3,(H,23,25). The van der Waals surface area contributed by atoms with Crippen molar-refractivity contribution in [1.29, 1.82) is 0 Å². The van der Waals surface area contributed by atoms with Gasteiger partial charge in [-0.1, -0.05) is 23.7 Å². The number of anilines is 1. The maximum atomic E-state index is 12.7. The van der Waals surface area contributed by atoms with Gasteiger partial charge in [0.05, 0.1) is 22.2 Å². The fourth-order valence-corrected chi connectivity index (χ4v) is 4.86. The molecule has 166 valence electrons. The van der Waals surface area contributed by atoms with E-state index in [4.69, 9.17) is 21.1 Å². The average Bonchev–Trinajstić information content (AvgIpc) is 3.30. The van der Waals surface area contributed by atoms with Crippen LogP contribution >= 0.6 is 11.6 Å². The zero-order chi connectivity index (χ0) is 22.4.